The summed E-state index contributed by atoms with van der Waals surface area (Å²) in [6.45, 7) is 0. The Labute approximate surface area is 168 Å². The quantitative estimate of drug-likeness (QED) is 0.577. The molecule has 0 spiro atoms. The minimum atomic E-state index is -0.183. The van der Waals surface area contributed by atoms with Crippen LogP contribution in [0.4, 0.5) is 5.69 Å². The van der Waals surface area contributed by atoms with Crippen LogP contribution in [0, 0.1) is 0 Å². The molecule has 0 aliphatic carbocycles. The maximum Gasteiger partial charge on any atom is 0.282 e. The van der Waals surface area contributed by atoms with E-state index in [4.69, 9.17) is 16.3 Å². The van der Waals surface area contributed by atoms with Gasteiger partial charge >= 0.3 is 0 Å². The van der Waals surface area contributed by atoms with Crippen molar-refractivity contribution in [2.24, 2.45) is 4.99 Å². The molecule has 1 heterocycles. The highest BCUT2D eigenvalue weighted by molar-refractivity contribution is 6.33. The number of nitrogens with zero attached hydrogens (tertiary/aromatic N) is 2. The van der Waals surface area contributed by atoms with E-state index in [0.29, 0.717) is 16.6 Å². The van der Waals surface area contributed by atoms with Crippen molar-refractivity contribution in [3.8, 4) is 5.75 Å². The van der Waals surface area contributed by atoms with Crippen molar-refractivity contribution in [3.05, 3.63) is 101 Å². The third kappa shape index (κ3) is 3.55. The Kier molecular flexibility index (Phi) is 4.96. The summed E-state index contributed by atoms with van der Waals surface area (Å²) in [5, 5.41) is 0.614. The Morgan fingerprint density at radius 1 is 0.929 bits per heavy atom. The van der Waals surface area contributed by atoms with Gasteiger partial charge in [0, 0.05) is 10.6 Å². The monoisotopic (exact) mass is 388 g/mol. The molecule has 0 N–H and O–H groups in total. The minimum Gasteiger partial charge on any atom is -0.497 e. The second kappa shape index (κ2) is 7.71. The Balaban J connectivity index is 1.78. The van der Waals surface area contributed by atoms with Crippen molar-refractivity contribution in [1.82, 2.24) is 0 Å². The Bertz CT molecular complexity index is 1060. The molecule has 3 aromatic rings. The molecule has 1 amide bonds. The van der Waals surface area contributed by atoms with Gasteiger partial charge in [0.15, 0.2) is 0 Å². The summed E-state index contributed by atoms with van der Waals surface area (Å²) < 4.78 is 5.19. The number of carbonyl (C=O) groups excluding carboxylic acids is 1. The van der Waals surface area contributed by atoms with Gasteiger partial charge in [-0.25, -0.2) is 4.99 Å². The summed E-state index contributed by atoms with van der Waals surface area (Å²) >= 11 is 6.01. The van der Waals surface area contributed by atoms with Crippen molar-refractivity contribution in [2.75, 3.05) is 12.0 Å². The van der Waals surface area contributed by atoms with Crippen LogP contribution < -0.4 is 9.64 Å². The van der Waals surface area contributed by atoms with Gasteiger partial charge in [0.05, 0.1) is 12.8 Å². The highest BCUT2D eigenvalue weighted by Gasteiger charge is 2.32. The lowest BCUT2D eigenvalue weighted by atomic mass is 10.1. The number of carbonyl (C=O) groups is 1. The zero-order valence-corrected chi connectivity index (χ0v) is 15.9. The van der Waals surface area contributed by atoms with Gasteiger partial charge in [-0.3, -0.25) is 9.69 Å². The number of halogens is 1. The first-order valence-corrected chi connectivity index (χ1v) is 9.13. The third-order valence-electron chi connectivity index (χ3n) is 4.40. The van der Waals surface area contributed by atoms with Crippen LogP contribution in [0.1, 0.15) is 11.1 Å². The van der Waals surface area contributed by atoms with E-state index in [1.807, 2.05) is 66.7 Å². The molecule has 138 valence electrons. The lowest BCUT2D eigenvalue weighted by Gasteiger charge is -2.18. The number of ether oxygens (including phenoxy) is 1. The zero-order valence-electron chi connectivity index (χ0n) is 15.2. The molecule has 0 fully saturated rings. The fraction of sp³-hybridized carbons (Fsp3) is 0.0435. The molecular weight excluding hydrogens is 372 g/mol. The number of anilines is 1. The number of aliphatic imine (C=N–C) groups is 1. The topological polar surface area (TPSA) is 41.9 Å². The van der Waals surface area contributed by atoms with E-state index in [2.05, 4.69) is 4.99 Å². The molecule has 0 saturated heterocycles. The number of methoxy groups -OCH3 is 1. The molecule has 0 radical (unpaired) electrons. The van der Waals surface area contributed by atoms with E-state index in [0.717, 1.165) is 22.6 Å². The summed E-state index contributed by atoms with van der Waals surface area (Å²) in [6, 6.07) is 24.3. The number of hydrogen-bond acceptors (Lipinski definition) is 3. The lowest BCUT2D eigenvalue weighted by Crippen LogP contribution is -2.32. The molecule has 5 heteroatoms. The van der Waals surface area contributed by atoms with Crippen molar-refractivity contribution in [2.45, 2.75) is 0 Å². The van der Waals surface area contributed by atoms with Crippen molar-refractivity contribution in [3.63, 3.8) is 0 Å². The molecule has 0 unspecified atom stereocenters. The van der Waals surface area contributed by atoms with Crippen LogP contribution >= 0.6 is 11.6 Å². The van der Waals surface area contributed by atoms with Gasteiger partial charge in [-0.2, -0.15) is 0 Å². The summed E-state index contributed by atoms with van der Waals surface area (Å²) in [4.78, 5) is 19.4. The second-order valence-electron chi connectivity index (χ2n) is 6.22. The maximum atomic E-state index is 13.2. The molecule has 0 atom stereocenters. The normalized spacial score (nSPS) is 15.1. The summed E-state index contributed by atoms with van der Waals surface area (Å²) in [5.41, 5.74) is 2.83. The Morgan fingerprint density at radius 3 is 2.25 bits per heavy atom. The van der Waals surface area contributed by atoms with Crippen LogP contribution in [-0.4, -0.2) is 18.9 Å². The van der Waals surface area contributed by atoms with E-state index in [9.17, 15) is 4.79 Å². The molecule has 4 nitrogen and oxygen atoms in total. The first kappa shape index (κ1) is 18.0. The molecule has 0 bridgehead atoms. The van der Waals surface area contributed by atoms with Crippen LogP contribution in [0.15, 0.2) is 89.6 Å². The van der Waals surface area contributed by atoms with Gasteiger partial charge in [0.25, 0.3) is 5.91 Å². The average molecular weight is 389 g/mol. The van der Waals surface area contributed by atoms with Gasteiger partial charge in [-0.1, -0.05) is 54.1 Å². The van der Waals surface area contributed by atoms with Crippen LogP contribution in [-0.2, 0) is 4.79 Å². The standard InChI is InChI=1S/C23H17ClN2O2/c1-28-20-13-7-16(8-14-20)15-21-23(27)26(19-11-9-18(24)10-12-19)22(25-21)17-5-3-2-4-6-17/h2-15H,1H3/b21-15-. The molecule has 28 heavy (non-hydrogen) atoms. The van der Waals surface area contributed by atoms with Crippen LogP contribution in [0.2, 0.25) is 5.02 Å². The zero-order chi connectivity index (χ0) is 19.5. The van der Waals surface area contributed by atoms with Gasteiger partial charge in [0.2, 0.25) is 0 Å². The van der Waals surface area contributed by atoms with Crippen LogP contribution in [0.25, 0.3) is 6.08 Å². The van der Waals surface area contributed by atoms with Crippen molar-refractivity contribution >= 4 is 35.1 Å². The molecule has 4 rings (SSSR count). The smallest absolute Gasteiger partial charge is 0.282 e. The van der Waals surface area contributed by atoms with E-state index in [1.54, 1.807) is 30.2 Å². The first-order valence-electron chi connectivity index (χ1n) is 8.75. The third-order valence-corrected chi connectivity index (χ3v) is 4.65. The van der Waals surface area contributed by atoms with Crippen LogP contribution in [0.5, 0.6) is 5.75 Å². The lowest BCUT2D eigenvalue weighted by molar-refractivity contribution is -0.113. The summed E-state index contributed by atoms with van der Waals surface area (Å²) in [7, 11) is 1.62. The van der Waals surface area contributed by atoms with Crippen molar-refractivity contribution < 1.29 is 9.53 Å². The minimum absolute atomic E-state index is 0.183. The van der Waals surface area contributed by atoms with E-state index >= 15 is 0 Å². The molecule has 3 aromatic carbocycles. The van der Waals surface area contributed by atoms with Gasteiger partial charge in [-0.15, -0.1) is 0 Å². The largest absolute Gasteiger partial charge is 0.497 e. The van der Waals surface area contributed by atoms with Gasteiger partial charge in [0.1, 0.15) is 17.3 Å². The highest BCUT2D eigenvalue weighted by atomic mass is 35.5. The van der Waals surface area contributed by atoms with E-state index < -0.39 is 0 Å². The van der Waals surface area contributed by atoms with Gasteiger partial charge < -0.3 is 4.74 Å². The predicted molar refractivity (Wildman–Crippen MR) is 113 cm³/mol. The summed E-state index contributed by atoms with van der Waals surface area (Å²) in [5.74, 6) is 1.17. The molecular formula is C23H17ClN2O2. The number of amides is 1. The fourth-order valence-electron chi connectivity index (χ4n) is 2.99. The average Bonchev–Trinajstić information content (AvgIpc) is 3.06. The first-order chi connectivity index (χ1) is 13.7. The SMILES string of the molecule is COc1ccc(/C=C2\N=C(c3ccccc3)N(c3ccc(Cl)cc3)C2=O)cc1. The molecule has 1 aliphatic heterocycles. The maximum absolute atomic E-state index is 13.2. The molecule has 0 saturated carbocycles. The number of rotatable bonds is 4. The highest BCUT2D eigenvalue weighted by Crippen LogP contribution is 2.29. The number of benzene rings is 3. The second-order valence-corrected chi connectivity index (χ2v) is 6.66. The van der Waals surface area contributed by atoms with Crippen LogP contribution in [0.3, 0.4) is 0 Å². The molecule has 1 aliphatic rings. The Morgan fingerprint density at radius 2 is 1.61 bits per heavy atom. The Hall–Kier alpha value is -3.37. The van der Waals surface area contributed by atoms with Gasteiger partial charge in [-0.05, 0) is 48.0 Å². The van der Waals surface area contributed by atoms with E-state index in [1.165, 1.54) is 0 Å². The van der Waals surface area contributed by atoms with Crippen molar-refractivity contribution in [1.29, 1.82) is 0 Å². The summed E-state index contributed by atoms with van der Waals surface area (Å²) in [6.07, 6.45) is 1.78. The molecule has 0 aromatic heterocycles. The number of amidine groups is 1. The number of hydrogen-bond donors (Lipinski definition) is 0. The van der Waals surface area contributed by atoms with E-state index in [-0.39, 0.29) is 5.91 Å². The predicted octanol–water partition coefficient (Wildman–Crippen LogP) is 5.18. The fourth-order valence-corrected chi connectivity index (χ4v) is 3.11.